The van der Waals surface area contributed by atoms with Crippen LogP contribution in [0.2, 0.25) is 0 Å². The molecule has 4 rings (SSSR count). The van der Waals surface area contributed by atoms with E-state index in [0.29, 0.717) is 53.6 Å². The average Bonchev–Trinajstić information content (AvgIpc) is 2.78. The number of hydrogen-bond donors (Lipinski definition) is 0. The number of sulfonamides is 1. The van der Waals surface area contributed by atoms with Gasteiger partial charge in [-0.25, -0.2) is 8.42 Å². The molecule has 1 amide bonds. The van der Waals surface area contributed by atoms with Crippen LogP contribution in [0.15, 0.2) is 45.8 Å². The summed E-state index contributed by atoms with van der Waals surface area (Å²) >= 11 is 3.40. The number of piperazine rings is 1. The molecule has 2 heterocycles. The number of nitrogens with zero attached hydrogens (tertiary/aromatic N) is 2. The van der Waals surface area contributed by atoms with E-state index in [1.165, 1.54) is 16.4 Å². The molecular formula is C20H21BrN2O6S. The Balaban J connectivity index is 1.47. The number of amides is 1. The Morgan fingerprint density at radius 2 is 1.70 bits per heavy atom. The van der Waals surface area contributed by atoms with E-state index < -0.39 is 10.0 Å². The van der Waals surface area contributed by atoms with E-state index in [9.17, 15) is 13.2 Å². The molecular weight excluding hydrogens is 476 g/mol. The maximum Gasteiger partial charge on any atom is 0.255 e. The van der Waals surface area contributed by atoms with Crippen molar-refractivity contribution in [3.63, 3.8) is 0 Å². The first kappa shape index (κ1) is 21.0. The summed E-state index contributed by atoms with van der Waals surface area (Å²) in [5.41, 5.74) is 0.484. The first-order chi connectivity index (χ1) is 14.4. The fraction of sp³-hybridized carbons (Fsp3) is 0.350. The van der Waals surface area contributed by atoms with Gasteiger partial charge >= 0.3 is 0 Å². The molecule has 2 aliphatic heterocycles. The molecule has 1 saturated heterocycles. The number of benzene rings is 2. The lowest BCUT2D eigenvalue weighted by molar-refractivity contribution is 0.0696. The number of methoxy groups -OCH3 is 1. The van der Waals surface area contributed by atoms with Crippen LogP contribution in [0.4, 0.5) is 0 Å². The first-order valence-electron chi connectivity index (χ1n) is 9.43. The molecule has 10 heteroatoms. The van der Waals surface area contributed by atoms with Crippen molar-refractivity contribution in [1.82, 2.24) is 9.21 Å². The quantitative estimate of drug-likeness (QED) is 0.645. The van der Waals surface area contributed by atoms with Crippen molar-refractivity contribution in [1.29, 1.82) is 0 Å². The van der Waals surface area contributed by atoms with Crippen LogP contribution in [0.3, 0.4) is 0 Å². The molecule has 0 saturated carbocycles. The van der Waals surface area contributed by atoms with Gasteiger partial charge in [0.2, 0.25) is 10.0 Å². The van der Waals surface area contributed by atoms with E-state index in [-0.39, 0.29) is 23.9 Å². The van der Waals surface area contributed by atoms with Gasteiger partial charge in [0.05, 0.1) is 17.6 Å². The number of ether oxygens (including phenoxy) is 3. The monoisotopic (exact) mass is 496 g/mol. The third-order valence-corrected chi connectivity index (χ3v) is 7.67. The fourth-order valence-electron chi connectivity index (χ4n) is 3.43. The van der Waals surface area contributed by atoms with Crippen molar-refractivity contribution in [2.24, 2.45) is 0 Å². The molecule has 2 aliphatic rings. The van der Waals surface area contributed by atoms with E-state index >= 15 is 0 Å². The predicted octanol–water partition coefficient (Wildman–Crippen LogP) is 2.38. The summed E-state index contributed by atoms with van der Waals surface area (Å²) in [7, 11) is -2.16. The number of rotatable bonds is 4. The minimum atomic E-state index is -3.70. The minimum absolute atomic E-state index is 0.155. The molecule has 0 unspecified atom stereocenters. The second-order valence-corrected chi connectivity index (χ2v) is 9.64. The molecule has 0 aliphatic carbocycles. The van der Waals surface area contributed by atoms with Crippen LogP contribution >= 0.6 is 15.9 Å². The number of halogens is 1. The van der Waals surface area contributed by atoms with E-state index in [4.69, 9.17) is 14.2 Å². The van der Waals surface area contributed by atoms with Gasteiger partial charge in [-0.3, -0.25) is 4.79 Å². The molecule has 160 valence electrons. The van der Waals surface area contributed by atoms with Crippen LogP contribution in [0.5, 0.6) is 17.2 Å². The van der Waals surface area contributed by atoms with Crippen molar-refractivity contribution in [2.75, 3.05) is 46.5 Å². The summed E-state index contributed by atoms with van der Waals surface area (Å²) in [4.78, 5) is 14.7. The maximum atomic E-state index is 13.1. The number of carbonyl (C=O) groups excluding carboxylic acids is 1. The topological polar surface area (TPSA) is 85.4 Å². The average molecular weight is 497 g/mol. The third-order valence-electron chi connectivity index (χ3n) is 5.08. The zero-order chi connectivity index (χ0) is 21.3. The molecule has 2 aromatic rings. The van der Waals surface area contributed by atoms with Gasteiger partial charge in [-0.05, 0) is 46.3 Å². The molecule has 0 atom stereocenters. The molecule has 0 bridgehead atoms. The van der Waals surface area contributed by atoms with Gasteiger partial charge in [-0.1, -0.05) is 0 Å². The van der Waals surface area contributed by atoms with Gasteiger partial charge in [0.1, 0.15) is 19.0 Å². The van der Waals surface area contributed by atoms with Crippen LogP contribution in [0.1, 0.15) is 10.4 Å². The Morgan fingerprint density at radius 3 is 2.40 bits per heavy atom. The molecule has 30 heavy (non-hydrogen) atoms. The smallest absolute Gasteiger partial charge is 0.255 e. The highest BCUT2D eigenvalue weighted by Crippen LogP contribution is 2.33. The summed E-state index contributed by atoms with van der Waals surface area (Å²) in [5.74, 6) is 1.39. The summed E-state index contributed by atoms with van der Waals surface area (Å²) in [5, 5.41) is 0. The minimum Gasteiger partial charge on any atom is -0.497 e. The Labute approximate surface area is 183 Å². The SMILES string of the molecule is COc1ccc(Br)c(C(=O)N2CCN(S(=O)(=O)c3ccc4c(c3)OCCO4)CC2)c1. The van der Waals surface area contributed by atoms with E-state index in [1.54, 1.807) is 36.3 Å². The molecule has 0 aromatic heterocycles. The lowest BCUT2D eigenvalue weighted by Crippen LogP contribution is -2.50. The number of carbonyl (C=O) groups is 1. The Hall–Kier alpha value is -2.30. The summed E-state index contributed by atoms with van der Waals surface area (Å²) in [6.45, 7) is 1.85. The lowest BCUT2D eigenvalue weighted by atomic mass is 10.1. The van der Waals surface area contributed by atoms with E-state index in [0.717, 1.165) is 0 Å². The van der Waals surface area contributed by atoms with Gasteiger partial charge in [-0.15, -0.1) is 0 Å². The Bertz CT molecular complexity index is 1070. The molecule has 0 N–H and O–H groups in total. The summed E-state index contributed by atoms with van der Waals surface area (Å²) in [6.07, 6.45) is 0. The third kappa shape index (κ3) is 3.99. The van der Waals surface area contributed by atoms with E-state index in [2.05, 4.69) is 15.9 Å². The first-order valence-corrected chi connectivity index (χ1v) is 11.7. The molecule has 8 nitrogen and oxygen atoms in total. The Kier molecular flexibility index (Phi) is 5.90. The second-order valence-electron chi connectivity index (χ2n) is 6.85. The van der Waals surface area contributed by atoms with Crippen LogP contribution in [0.25, 0.3) is 0 Å². The highest BCUT2D eigenvalue weighted by atomic mass is 79.9. The van der Waals surface area contributed by atoms with Crippen molar-refractivity contribution >= 4 is 31.9 Å². The van der Waals surface area contributed by atoms with Crippen molar-refractivity contribution in [3.05, 3.63) is 46.4 Å². The van der Waals surface area contributed by atoms with Crippen LogP contribution in [-0.4, -0.2) is 70.0 Å². The van der Waals surface area contributed by atoms with Crippen LogP contribution in [-0.2, 0) is 10.0 Å². The molecule has 0 radical (unpaired) electrons. The van der Waals surface area contributed by atoms with Gasteiger partial charge in [0, 0.05) is 36.7 Å². The highest BCUT2D eigenvalue weighted by Gasteiger charge is 2.32. The molecule has 0 spiro atoms. The fourth-order valence-corrected chi connectivity index (χ4v) is 5.28. The standard InChI is InChI=1S/C20H21BrN2O6S/c1-27-14-2-4-17(21)16(12-14)20(24)22-6-8-23(9-7-22)30(25,26)15-3-5-18-19(13-15)29-11-10-28-18/h2-5,12-13H,6-11H2,1H3. The molecule has 2 aromatic carbocycles. The zero-order valence-corrected chi connectivity index (χ0v) is 18.7. The zero-order valence-electron chi connectivity index (χ0n) is 16.3. The normalized spacial score (nSPS) is 16.9. The van der Waals surface area contributed by atoms with Crippen molar-refractivity contribution in [3.8, 4) is 17.2 Å². The number of hydrogen-bond acceptors (Lipinski definition) is 6. The summed E-state index contributed by atoms with van der Waals surface area (Å²) in [6, 6.07) is 9.82. The Morgan fingerprint density at radius 1 is 1.00 bits per heavy atom. The van der Waals surface area contributed by atoms with E-state index in [1.807, 2.05) is 0 Å². The highest BCUT2D eigenvalue weighted by molar-refractivity contribution is 9.10. The number of fused-ring (bicyclic) bond motifs is 1. The van der Waals surface area contributed by atoms with Crippen LogP contribution < -0.4 is 14.2 Å². The molecule has 1 fully saturated rings. The van der Waals surface area contributed by atoms with Crippen LogP contribution in [0, 0.1) is 0 Å². The van der Waals surface area contributed by atoms with Gasteiger partial charge < -0.3 is 19.1 Å². The second kappa shape index (κ2) is 8.44. The summed E-state index contributed by atoms with van der Waals surface area (Å²) < 4.78 is 44.3. The van der Waals surface area contributed by atoms with Crippen molar-refractivity contribution < 1.29 is 27.4 Å². The van der Waals surface area contributed by atoms with Gasteiger partial charge in [-0.2, -0.15) is 4.31 Å². The van der Waals surface area contributed by atoms with Gasteiger partial charge in [0.15, 0.2) is 11.5 Å². The maximum absolute atomic E-state index is 13.1. The lowest BCUT2D eigenvalue weighted by Gasteiger charge is -2.34. The largest absolute Gasteiger partial charge is 0.497 e. The predicted molar refractivity (Wildman–Crippen MR) is 113 cm³/mol. The van der Waals surface area contributed by atoms with Gasteiger partial charge in [0.25, 0.3) is 5.91 Å². The van der Waals surface area contributed by atoms with Crippen molar-refractivity contribution in [2.45, 2.75) is 4.90 Å².